The molecule has 7 nitrogen and oxygen atoms in total. The van der Waals surface area contributed by atoms with E-state index in [1.54, 1.807) is 22.6 Å². The molecule has 3 heterocycles. The molecule has 1 aromatic carbocycles. The van der Waals surface area contributed by atoms with Gasteiger partial charge in [-0.25, -0.2) is 23.1 Å². The Morgan fingerprint density at radius 3 is 2.63 bits per heavy atom. The Balaban J connectivity index is 1.80. The van der Waals surface area contributed by atoms with Gasteiger partial charge < -0.3 is 14.8 Å². The molecule has 1 N–H and O–H groups in total. The van der Waals surface area contributed by atoms with Gasteiger partial charge in [0.1, 0.15) is 17.5 Å². The van der Waals surface area contributed by atoms with E-state index < -0.39 is 29.4 Å². The summed E-state index contributed by atoms with van der Waals surface area (Å²) in [6, 6.07) is 4.34. The van der Waals surface area contributed by atoms with Crippen molar-refractivity contribution in [3.63, 3.8) is 0 Å². The number of pyridine rings is 1. The molecule has 184 valence electrons. The lowest BCUT2D eigenvalue weighted by molar-refractivity contribution is -0.128. The number of fused-ring (bicyclic) bond motifs is 1. The summed E-state index contributed by atoms with van der Waals surface area (Å²) >= 11 is 0. The molecule has 10 heteroatoms. The molecule has 0 aliphatic carbocycles. The van der Waals surface area contributed by atoms with Crippen LogP contribution in [0.3, 0.4) is 0 Å². The van der Waals surface area contributed by atoms with Crippen LogP contribution in [0, 0.1) is 12.7 Å². The van der Waals surface area contributed by atoms with E-state index in [1.165, 1.54) is 31.2 Å². The van der Waals surface area contributed by atoms with Crippen LogP contribution in [0.25, 0.3) is 10.9 Å². The van der Waals surface area contributed by atoms with Gasteiger partial charge in [-0.2, -0.15) is 0 Å². The first kappa shape index (κ1) is 24.4. The fourth-order valence-electron chi connectivity index (χ4n) is 4.55. The Hall–Kier alpha value is -3.69. The number of nitrogens with one attached hydrogen (secondary N) is 1. The number of alkyl halides is 2. The van der Waals surface area contributed by atoms with Crippen molar-refractivity contribution in [3.05, 3.63) is 76.2 Å². The van der Waals surface area contributed by atoms with Gasteiger partial charge in [-0.15, -0.1) is 6.58 Å². The van der Waals surface area contributed by atoms with Crippen molar-refractivity contribution in [2.45, 2.75) is 45.2 Å². The Kier molecular flexibility index (Phi) is 6.40. The van der Waals surface area contributed by atoms with Crippen LogP contribution < -0.4 is 10.9 Å². The lowest BCUT2D eigenvalue weighted by Crippen LogP contribution is -2.41. The normalized spacial score (nSPS) is 18.8. The fourth-order valence-corrected chi connectivity index (χ4v) is 4.55. The number of aromatic nitrogens is 3. The Labute approximate surface area is 200 Å². The number of hydrogen-bond donors (Lipinski definition) is 1. The minimum atomic E-state index is -2.96. The van der Waals surface area contributed by atoms with Gasteiger partial charge in [0.15, 0.2) is 0 Å². The van der Waals surface area contributed by atoms with Crippen LogP contribution in [-0.4, -0.2) is 38.4 Å². The fraction of sp³-hybridized carbons (Fsp3) is 0.360. The Morgan fingerprint density at radius 1 is 1.29 bits per heavy atom. The van der Waals surface area contributed by atoms with Crippen molar-refractivity contribution in [1.82, 2.24) is 19.4 Å². The summed E-state index contributed by atoms with van der Waals surface area (Å²) in [5.41, 5.74) is -1.22. The zero-order chi connectivity index (χ0) is 25.5. The number of aryl methyl sites for hydroxylation is 1. The van der Waals surface area contributed by atoms with Crippen LogP contribution in [-0.2, 0) is 10.3 Å². The predicted octanol–water partition coefficient (Wildman–Crippen LogP) is 4.48. The summed E-state index contributed by atoms with van der Waals surface area (Å²) in [5, 5.41) is 3.57. The lowest BCUT2D eigenvalue weighted by atomic mass is 10.0. The summed E-state index contributed by atoms with van der Waals surface area (Å²) in [6.45, 7) is 9.69. The van der Waals surface area contributed by atoms with Crippen LogP contribution >= 0.6 is 0 Å². The molecule has 0 spiro atoms. The van der Waals surface area contributed by atoms with Crippen LogP contribution in [0.2, 0.25) is 0 Å². The van der Waals surface area contributed by atoms with E-state index in [2.05, 4.69) is 21.9 Å². The smallest absolute Gasteiger partial charge is 0.266 e. The minimum absolute atomic E-state index is 0.00427. The molecule has 0 unspecified atom stereocenters. The van der Waals surface area contributed by atoms with E-state index in [0.29, 0.717) is 42.1 Å². The summed E-state index contributed by atoms with van der Waals surface area (Å²) in [6.07, 6.45) is 0.665. The molecule has 1 aliphatic rings. The highest BCUT2D eigenvalue weighted by atomic mass is 19.3. The molecular weight excluding hydrogens is 459 g/mol. The highest BCUT2D eigenvalue weighted by molar-refractivity contribution is 5.88. The second-order valence-corrected chi connectivity index (χ2v) is 9.00. The number of amides is 1. The molecule has 2 aromatic heterocycles. The van der Waals surface area contributed by atoms with Gasteiger partial charge in [0.25, 0.3) is 12.0 Å². The quantitative estimate of drug-likeness (QED) is 0.521. The number of nitrogens with zero attached hydrogens (tertiary/aromatic N) is 4. The second kappa shape index (κ2) is 9.16. The average Bonchev–Trinajstić information content (AvgIpc) is 3.20. The Bertz CT molecular complexity index is 1370. The highest BCUT2D eigenvalue weighted by Gasteiger charge is 2.37. The minimum Gasteiger partial charge on any atom is -0.359 e. The average molecular weight is 486 g/mol. The van der Waals surface area contributed by atoms with Crippen molar-refractivity contribution < 1.29 is 18.0 Å². The molecule has 1 aliphatic heterocycles. The van der Waals surface area contributed by atoms with Gasteiger partial charge >= 0.3 is 0 Å². The largest absolute Gasteiger partial charge is 0.359 e. The van der Waals surface area contributed by atoms with Crippen molar-refractivity contribution in [2.75, 3.05) is 18.4 Å². The zero-order valence-corrected chi connectivity index (χ0v) is 19.7. The number of carbonyl (C=O) groups excluding carboxylic acids is 1. The topological polar surface area (TPSA) is 80.1 Å². The molecule has 2 atom stereocenters. The van der Waals surface area contributed by atoms with E-state index in [1.807, 2.05) is 6.92 Å². The third-order valence-electron chi connectivity index (χ3n) is 6.48. The van der Waals surface area contributed by atoms with Crippen LogP contribution in [0.1, 0.15) is 49.7 Å². The van der Waals surface area contributed by atoms with Gasteiger partial charge in [0.2, 0.25) is 5.91 Å². The van der Waals surface area contributed by atoms with Gasteiger partial charge in [0.05, 0.1) is 28.0 Å². The van der Waals surface area contributed by atoms with Gasteiger partial charge in [0, 0.05) is 37.8 Å². The summed E-state index contributed by atoms with van der Waals surface area (Å²) in [5.74, 6) is -0.407. The number of halogens is 3. The number of benzene rings is 1. The maximum absolute atomic E-state index is 14.9. The molecule has 1 amide bonds. The van der Waals surface area contributed by atoms with Gasteiger partial charge in [-0.3, -0.25) is 9.59 Å². The van der Waals surface area contributed by atoms with Crippen molar-refractivity contribution in [2.24, 2.45) is 0 Å². The summed E-state index contributed by atoms with van der Waals surface area (Å²) < 4.78 is 42.9. The summed E-state index contributed by atoms with van der Waals surface area (Å²) in [7, 11) is 0. The predicted molar refractivity (Wildman–Crippen MR) is 127 cm³/mol. The second-order valence-electron chi connectivity index (χ2n) is 9.00. The first-order valence-electron chi connectivity index (χ1n) is 11.2. The third-order valence-corrected chi connectivity index (χ3v) is 6.48. The molecule has 1 fully saturated rings. The van der Waals surface area contributed by atoms with Crippen LogP contribution in [0.5, 0.6) is 0 Å². The molecule has 3 aromatic rings. The van der Waals surface area contributed by atoms with Gasteiger partial charge in [-0.05, 0) is 20.3 Å². The Morgan fingerprint density at radius 2 is 2.00 bits per heavy atom. The zero-order valence-electron chi connectivity index (χ0n) is 19.7. The molecule has 35 heavy (non-hydrogen) atoms. The van der Waals surface area contributed by atoms with E-state index in [4.69, 9.17) is 0 Å². The van der Waals surface area contributed by atoms with Crippen molar-refractivity contribution >= 4 is 22.6 Å². The first-order chi connectivity index (χ1) is 16.5. The van der Waals surface area contributed by atoms with Crippen LogP contribution in [0.15, 0.2) is 47.9 Å². The number of hydrogen-bond acceptors (Lipinski definition) is 5. The molecular formula is C25H26F3N5O2. The van der Waals surface area contributed by atoms with E-state index in [9.17, 15) is 22.8 Å². The number of carbonyl (C=O) groups is 1. The van der Waals surface area contributed by atoms with Crippen LogP contribution in [0.4, 0.5) is 19.0 Å². The monoisotopic (exact) mass is 485 g/mol. The molecule has 0 radical (unpaired) electrons. The molecule has 0 bridgehead atoms. The maximum Gasteiger partial charge on any atom is 0.266 e. The van der Waals surface area contributed by atoms with Crippen molar-refractivity contribution in [1.29, 1.82) is 0 Å². The highest BCUT2D eigenvalue weighted by Crippen LogP contribution is 2.32. The van der Waals surface area contributed by atoms with E-state index in [0.717, 1.165) is 6.07 Å². The SMILES string of the molecule is C=C[C@@H](Nc1nc(C)nc2cc(=O)n([C@]3(C)CCN(C(C)=O)C3)cc12)c1cccc(C(F)F)c1F. The number of likely N-dealkylation sites (tertiary alicyclic amines) is 1. The number of anilines is 1. The van der Waals surface area contributed by atoms with Gasteiger partial charge in [-0.1, -0.05) is 24.3 Å². The lowest BCUT2D eigenvalue weighted by Gasteiger charge is -2.28. The van der Waals surface area contributed by atoms with E-state index >= 15 is 0 Å². The van der Waals surface area contributed by atoms with E-state index in [-0.39, 0.29) is 17.0 Å². The first-order valence-corrected chi connectivity index (χ1v) is 11.2. The molecule has 0 saturated carbocycles. The standard InChI is InChI=1S/C25H26F3N5O2/c1-5-19(16-7-6-8-17(22(16)26)23(27)28)31-24-18-12-33(21(35)11-20(18)29-14(2)30-24)25(4)9-10-32(13-25)15(3)34/h5-8,11-12,19,23H,1,9-10,13H2,2-4H3,(H,29,30,31)/t19-,25-/m1/s1. The third kappa shape index (κ3) is 4.52. The summed E-state index contributed by atoms with van der Waals surface area (Å²) in [4.78, 5) is 35.4. The maximum atomic E-state index is 14.9. The van der Waals surface area contributed by atoms with Crippen molar-refractivity contribution in [3.8, 4) is 0 Å². The molecule has 4 rings (SSSR count). The molecule has 1 saturated heterocycles. The number of rotatable bonds is 6.